The third kappa shape index (κ3) is 0.914. The summed E-state index contributed by atoms with van der Waals surface area (Å²) in [7, 11) is 0. The molecule has 3 heteroatoms. The number of hydrogen-bond acceptors (Lipinski definition) is 2. The van der Waals surface area contributed by atoms with Crippen LogP contribution in [0.5, 0.6) is 5.88 Å². The fourth-order valence-corrected chi connectivity index (χ4v) is 1.38. The van der Waals surface area contributed by atoms with Crippen molar-refractivity contribution in [2.75, 3.05) is 6.61 Å². The van der Waals surface area contributed by atoms with Gasteiger partial charge in [-0.1, -0.05) is 0 Å². The Bertz CT molecular complexity index is 267. The Morgan fingerprint density at radius 2 is 2.55 bits per heavy atom. The quantitative estimate of drug-likeness (QED) is 0.563. The highest BCUT2D eigenvalue weighted by Gasteiger charge is 2.18. The lowest BCUT2D eigenvalue weighted by Gasteiger charge is -2.21. The highest BCUT2D eigenvalue weighted by molar-refractivity contribution is 5.23. The Morgan fingerprint density at radius 1 is 1.73 bits per heavy atom. The second-order valence-corrected chi connectivity index (χ2v) is 3.06. The smallest absolute Gasteiger partial charge is 0.214 e. The maximum absolute atomic E-state index is 5.47. The van der Waals surface area contributed by atoms with Gasteiger partial charge in [-0.2, -0.15) is 5.10 Å². The van der Waals surface area contributed by atoms with Gasteiger partial charge in [-0.05, 0) is 13.8 Å². The van der Waals surface area contributed by atoms with E-state index in [9.17, 15) is 0 Å². The predicted molar refractivity (Wildman–Crippen MR) is 41.8 cm³/mol. The number of hydrogen-bond donors (Lipinski definition) is 0. The van der Waals surface area contributed by atoms with Gasteiger partial charge in [0.15, 0.2) is 0 Å². The van der Waals surface area contributed by atoms with E-state index >= 15 is 0 Å². The standard InChI is InChI=1S/C8H12N2O/c1-6-5-9-10-7(2)3-4-11-8(6)10/h5,7H,3-4H2,1-2H3. The van der Waals surface area contributed by atoms with E-state index in [4.69, 9.17) is 4.74 Å². The molecule has 0 aromatic carbocycles. The van der Waals surface area contributed by atoms with Gasteiger partial charge in [0.05, 0.1) is 18.8 Å². The first-order valence-corrected chi connectivity index (χ1v) is 3.96. The maximum Gasteiger partial charge on any atom is 0.214 e. The summed E-state index contributed by atoms with van der Waals surface area (Å²) in [5.74, 6) is 0.948. The van der Waals surface area contributed by atoms with E-state index in [0.717, 1.165) is 24.5 Å². The summed E-state index contributed by atoms with van der Waals surface area (Å²) in [6.45, 7) is 5.02. The molecule has 1 aliphatic rings. The summed E-state index contributed by atoms with van der Waals surface area (Å²) in [6.07, 6.45) is 2.92. The molecule has 2 rings (SSSR count). The maximum atomic E-state index is 5.47. The van der Waals surface area contributed by atoms with Gasteiger partial charge in [-0.3, -0.25) is 0 Å². The Kier molecular flexibility index (Phi) is 1.37. The van der Waals surface area contributed by atoms with Crippen LogP contribution in [0, 0.1) is 6.92 Å². The second-order valence-electron chi connectivity index (χ2n) is 3.06. The van der Waals surface area contributed by atoms with E-state index in [-0.39, 0.29) is 0 Å². The number of fused-ring (bicyclic) bond motifs is 1. The summed E-state index contributed by atoms with van der Waals surface area (Å²) >= 11 is 0. The average molecular weight is 152 g/mol. The molecule has 0 N–H and O–H groups in total. The van der Waals surface area contributed by atoms with Crippen LogP contribution >= 0.6 is 0 Å². The van der Waals surface area contributed by atoms with E-state index in [2.05, 4.69) is 12.0 Å². The van der Waals surface area contributed by atoms with Crippen molar-refractivity contribution in [2.24, 2.45) is 0 Å². The molecule has 11 heavy (non-hydrogen) atoms. The number of ether oxygens (including phenoxy) is 1. The molecule has 0 radical (unpaired) electrons. The van der Waals surface area contributed by atoms with Crippen LogP contribution < -0.4 is 4.74 Å². The Balaban J connectivity index is 2.46. The van der Waals surface area contributed by atoms with Crippen LogP contribution in [0.3, 0.4) is 0 Å². The Hall–Kier alpha value is -0.990. The molecule has 60 valence electrons. The van der Waals surface area contributed by atoms with E-state index in [1.165, 1.54) is 0 Å². The highest BCUT2D eigenvalue weighted by atomic mass is 16.5. The minimum Gasteiger partial charge on any atom is -0.478 e. The molecular formula is C8H12N2O. The summed E-state index contributed by atoms with van der Waals surface area (Å²) < 4.78 is 7.42. The van der Waals surface area contributed by atoms with E-state index < -0.39 is 0 Å². The summed E-state index contributed by atoms with van der Waals surface area (Å²) in [4.78, 5) is 0. The van der Waals surface area contributed by atoms with Gasteiger partial charge in [0.25, 0.3) is 0 Å². The lowest BCUT2D eigenvalue weighted by Crippen LogP contribution is -2.19. The van der Waals surface area contributed by atoms with E-state index in [1.807, 2.05) is 17.8 Å². The zero-order valence-corrected chi connectivity index (χ0v) is 6.87. The molecule has 3 nitrogen and oxygen atoms in total. The van der Waals surface area contributed by atoms with Crippen molar-refractivity contribution in [1.29, 1.82) is 0 Å². The summed E-state index contributed by atoms with van der Waals surface area (Å²) in [5, 5.41) is 4.23. The normalized spacial score (nSPS) is 22.5. The molecule has 0 fully saturated rings. The van der Waals surface area contributed by atoms with Gasteiger partial charge >= 0.3 is 0 Å². The summed E-state index contributed by atoms with van der Waals surface area (Å²) in [5.41, 5.74) is 1.14. The van der Waals surface area contributed by atoms with Gasteiger partial charge in [-0.15, -0.1) is 0 Å². The molecule has 1 atom stereocenters. The predicted octanol–water partition coefficient (Wildman–Crippen LogP) is 1.54. The average Bonchev–Trinajstić information content (AvgIpc) is 2.35. The third-order valence-electron chi connectivity index (χ3n) is 2.11. The number of rotatable bonds is 0. The van der Waals surface area contributed by atoms with Gasteiger partial charge in [-0.25, -0.2) is 4.68 Å². The van der Waals surface area contributed by atoms with Gasteiger partial charge in [0.1, 0.15) is 0 Å². The van der Waals surface area contributed by atoms with E-state index in [1.54, 1.807) is 0 Å². The zero-order valence-electron chi connectivity index (χ0n) is 6.87. The van der Waals surface area contributed by atoms with Crippen molar-refractivity contribution in [3.05, 3.63) is 11.8 Å². The van der Waals surface area contributed by atoms with Gasteiger partial charge in [0.2, 0.25) is 5.88 Å². The topological polar surface area (TPSA) is 27.1 Å². The second kappa shape index (κ2) is 2.26. The van der Waals surface area contributed by atoms with Crippen molar-refractivity contribution in [2.45, 2.75) is 26.3 Å². The van der Waals surface area contributed by atoms with Gasteiger partial charge < -0.3 is 4.74 Å². The molecule has 0 amide bonds. The summed E-state index contributed by atoms with van der Waals surface area (Å²) in [6, 6.07) is 0.493. The van der Waals surface area contributed by atoms with Crippen molar-refractivity contribution in [3.63, 3.8) is 0 Å². The SMILES string of the molecule is Cc1cnn2c1OCCC2C. The van der Waals surface area contributed by atoms with Crippen molar-refractivity contribution in [3.8, 4) is 5.88 Å². The third-order valence-corrected chi connectivity index (χ3v) is 2.11. The molecular weight excluding hydrogens is 140 g/mol. The molecule has 1 aliphatic heterocycles. The molecule has 2 heterocycles. The minimum atomic E-state index is 0.493. The molecule has 0 spiro atoms. The van der Waals surface area contributed by atoms with Crippen LogP contribution in [-0.4, -0.2) is 16.4 Å². The largest absolute Gasteiger partial charge is 0.478 e. The first kappa shape index (κ1) is 6.70. The Morgan fingerprint density at radius 3 is 3.27 bits per heavy atom. The first-order valence-electron chi connectivity index (χ1n) is 3.96. The number of aryl methyl sites for hydroxylation is 1. The van der Waals surface area contributed by atoms with E-state index in [0.29, 0.717) is 6.04 Å². The molecule has 1 aromatic rings. The lowest BCUT2D eigenvalue weighted by molar-refractivity contribution is 0.200. The monoisotopic (exact) mass is 152 g/mol. The van der Waals surface area contributed by atoms with Crippen molar-refractivity contribution >= 4 is 0 Å². The molecule has 1 unspecified atom stereocenters. The number of nitrogens with zero attached hydrogens (tertiary/aromatic N) is 2. The zero-order chi connectivity index (χ0) is 7.84. The highest BCUT2D eigenvalue weighted by Crippen LogP contribution is 2.27. The molecule has 1 aromatic heterocycles. The fourth-order valence-electron chi connectivity index (χ4n) is 1.38. The lowest BCUT2D eigenvalue weighted by atomic mass is 10.2. The van der Waals surface area contributed by atoms with Crippen molar-refractivity contribution < 1.29 is 4.74 Å². The van der Waals surface area contributed by atoms with Crippen molar-refractivity contribution in [1.82, 2.24) is 9.78 Å². The van der Waals surface area contributed by atoms with Gasteiger partial charge in [0, 0.05) is 12.0 Å². The molecule has 0 aliphatic carbocycles. The van der Waals surface area contributed by atoms with Crippen LogP contribution in [0.4, 0.5) is 0 Å². The van der Waals surface area contributed by atoms with Crippen LogP contribution in [-0.2, 0) is 0 Å². The minimum absolute atomic E-state index is 0.493. The molecule has 0 bridgehead atoms. The first-order chi connectivity index (χ1) is 5.29. The fraction of sp³-hybridized carbons (Fsp3) is 0.625. The van der Waals surface area contributed by atoms with Crippen LogP contribution in [0.2, 0.25) is 0 Å². The molecule has 0 saturated carbocycles. The van der Waals surface area contributed by atoms with Crippen LogP contribution in [0.1, 0.15) is 24.9 Å². The number of aromatic nitrogens is 2. The van der Waals surface area contributed by atoms with Crippen LogP contribution in [0.25, 0.3) is 0 Å². The van der Waals surface area contributed by atoms with Crippen LogP contribution in [0.15, 0.2) is 6.20 Å². The Labute approximate surface area is 66.0 Å². The molecule has 0 saturated heterocycles.